The monoisotopic (exact) mass is 360 g/mol. The van der Waals surface area contributed by atoms with Crippen molar-refractivity contribution >= 4 is 25.8 Å². The number of amides is 1. The molecule has 1 aliphatic rings. The third-order valence-corrected chi connectivity index (χ3v) is 6.97. The zero-order valence-electron chi connectivity index (χ0n) is 13.0. The maximum Gasteiger partial charge on any atom is 0.241 e. The fraction of sp³-hybridized carbons (Fsp3) is 0.500. The van der Waals surface area contributed by atoms with Crippen LogP contribution in [0.5, 0.6) is 0 Å². The molecule has 2 rings (SSSR count). The molecule has 1 unspecified atom stereocenters. The van der Waals surface area contributed by atoms with Gasteiger partial charge in [0.2, 0.25) is 15.9 Å². The Kier molecular flexibility index (Phi) is 5.12. The Morgan fingerprint density at radius 1 is 1.30 bits per heavy atom. The average molecular weight is 360 g/mol. The van der Waals surface area contributed by atoms with Crippen molar-refractivity contribution in [2.45, 2.75) is 31.2 Å². The van der Waals surface area contributed by atoms with Crippen molar-refractivity contribution in [2.75, 3.05) is 18.1 Å². The van der Waals surface area contributed by atoms with Crippen molar-refractivity contribution in [3.05, 3.63) is 29.3 Å². The summed E-state index contributed by atoms with van der Waals surface area (Å²) in [5.74, 6) is -0.588. The zero-order valence-corrected chi connectivity index (χ0v) is 14.6. The molecule has 7 nitrogen and oxygen atoms in total. The summed E-state index contributed by atoms with van der Waals surface area (Å²) in [6, 6.07) is 4.48. The molecule has 1 aliphatic heterocycles. The Labute approximate surface area is 136 Å². The van der Waals surface area contributed by atoms with Crippen LogP contribution < -0.4 is 10.0 Å². The Morgan fingerprint density at radius 2 is 2.00 bits per heavy atom. The van der Waals surface area contributed by atoms with E-state index < -0.39 is 38.4 Å². The van der Waals surface area contributed by atoms with Crippen LogP contribution in [0.3, 0.4) is 0 Å². The minimum Gasteiger partial charge on any atom is -0.351 e. The average Bonchev–Trinajstić information content (AvgIpc) is 2.75. The molecule has 1 aromatic rings. The molecule has 1 aromatic carbocycles. The molecule has 128 valence electrons. The largest absolute Gasteiger partial charge is 0.351 e. The molecule has 0 aromatic heterocycles. The van der Waals surface area contributed by atoms with Crippen molar-refractivity contribution < 1.29 is 21.6 Å². The standard InChI is InChI=1S/C14H20N2O5S2/c1-10-3-4-13(11(2)7-10)23(20,21)15-8-14(17)16-12-5-6-22(18,19)9-12/h3-4,7,12,15H,5-6,8-9H2,1-2H3,(H,16,17). The maximum absolute atomic E-state index is 12.2. The van der Waals surface area contributed by atoms with Crippen LogP contribution in [0.15, 0.2) is 23.1 Å². The molecule has 1 heterocycles. The summed E-state index contributed by atoms with van der Waals surface area (Å²) in [6.07, 6.45) is 0.359. The molecule has 1 saturated heterocycles. The molecule has 1 amide bonds. The minimum absolute atomic E-state index is 0.0479. The molecule has 2 N–H and O–H groups in total. The van der Waals surface area contributed by atoms with Crippen LogP contribution in [0.2, 0.25) is 0 Å². The first-order valence-electron chi connectivity index (χ1n) is 7.16. The van der Waals surface area contributed by atoms with Gasteiger partial charge in [0, 0.05) is 6.04 Å². The molecule has 0 bridgehead atoms. The van der Waals surface area contributed by atoms with Gasteiger partial charge in [0.05, 0.1) is 22.9 Å². The predicted octanol–water partition coefficient (Wildman–Crippen LogP) is -0.115. The third-order valence-electron chi connectivity index (χ3n) is 3.64. The number of nitrogens with one attached hydrogen (secondary N) is 2. The van der Waals surface area contributed by atoms with E-state index in [1.54, 1.807) is 19.1 Å². The summed E-state index contributed by atoms with van der Waals surface area (Å²) >= 11 is 0. The molecular weight excluding hydrogens is 340 g/mol. The summed E-state index contributed by atoms with van der Waals surface area (Å²) in [4.78, 5) is 11.9. The van der Waals surface area contributed by atoms with Gasteiger partial charge in [-0.05, 0) is 31.9 Å². The molecule has 0 saturated carbocycles. The quantitative estimate of drug-likeness (QED) is 0.761. The highest BCUT2D eigenvalue weighted by Gasteiger charge is 2.29. The zero-order chi connectivity index (χ0) is 17.3. The highest BCUT2D eigenvalue weighted by molar-refractivity contribution is 7.91. The summed E-state index contributed by atoms with van der Waals surface area (Å²) in [7, 11) is -6.88. The normalized spacial score (nSPS) is 20.3. The lowest BCUT2D eigenvalue weighted by Crippen LogP contribution is -2.42. The van der Waals surface area contributed by atoms with E-state index in [0.717, 1.165) is 5.56 Å². The Morgan fingerprint density at radius 3 is 2.57 bits per heavy atom. The van der Waals surface area contributed by atoms with E-state index >= 15 is 0 Å². The van der Waals surface area contributed by atoms with Crippen molar-refractivity contribution in [2.24, 2.45) is 0 Å². The number of sulfone groups is 1. The number of carbonyl (C=O) groups excluding carboxylic acids is 1. The van der Waals surface area contributed by atoms with E-state index in [1.165, 1.54) is 6.07 Å². The van der Waals surface area contributed by atoms with Crippen molar-refractivity contribution in [3.63, 3.8) is 0 Å². The Bertz CT molecular complexity index is 816. The Balaban J connectivity index is 1.95. The second-order valence-electron chi connectivity index (χ2n) is 5.76. The fourth-order valence-corrected chi connectivity index (χ4v) is 5.41. The van der Waals surface area contributed by atoms with Crippen molar-refractivity contribution in [1.29, 1.82) is 0 Å². The number of rotatable bonds is 5. The summed E-state index contributed by atoms with van der Waals surface area (Å²) in [6.45, 7) is 3.12. The number of aryl methyl sites for hydroxylation is 2. The first kappa shape index (κ1) is 17.9. The number of carbonyl (C=O) groups is 1. The first-order chi connectivity index (χ1) is 10.6. The minimum atomic E-state index is -3.79. The van der Waals surface area contributed by atoms with Crippen LogP contribution in [-0.2, 0) is 24.7 Å². The topological polar surface area (TPSA) is 109 Å². The second kappa shape index (κ2) is 6.58. The van der Waals surface area contributed by atoms with Gasteiger partial charge in [-0.2, -0.15) is 0 Å². The van der Waals surface area contributed by atoms with E-state index in [9.17, 15) is 21.6 Å². The van der Waals surface area contributed by atoms with Crippen LogP contribution >= 0.6 is 0 Å². The van der Waals surface area contributed by atoms with E-state index in [4.69, 9.17) is 0 Å². The smallest absolute Gasteiger partial charge is 0.241 e. The van der Waals surface area contributed by atoms with Crippen LogP contribution in [0, 0.1) is 13.8 Å². The highest BCUT2D eigenvalue weighted by atomic mass is 32.2. The fourth-order valence-electron chi connectivity index (χ4n) is 2.53. The maximum atomic E-state index is 12.2. The molecule has 23 heavy (non-hydrogen) atoms. The molecule has 1 atom stereocenters. The highest BCUT2D eigenvalue weighted by Crippen LogP contribution is 2.16. The van der Waals surface area contributed by atoms with Crippen LogP contribution in [0.25, 0.3) is 0 Å². The van der Waals surface area contributed by atoms with Gasteiger partial charge in [-0.25, -0.2) is 21.6 Å². The van der Waals surface area contributed by atoms with E-state index in [1.807, 2.05) is 6.92 Å². The number of hydrogen-bond acceptors (Lipinski definition) is 5. The summed E-state index contributed by atoms with van der Waals surface area (Å²) < 4.78 is 49.3. The van der Waals surface area contributed by atoms with Gasteiger partial charge >= 0.3 is 0 Å². The van der Waals surface area contributed by atoms with Crippen LogP contribution in [0.1, 0.15) is 17.5 Å². The van der Waals surface area contributed by atoms with Gasteiger partial charge in [0.1, 0.15) is 0 Å². The van der Waals surface area contributed by atoms with Gasteiger partial charge in [-0.1, -0.05) is 17.7 Å². The first-order valence-corrected chi connectivity index (χ1v) is 10.5. The molecule has 9 heteroatoms. The van der Waals surface area contributed by atoms with Crippen LogP contribution in [-0.4, -0.2) is 46.8 Å². The lowest BCUT2D eigenvalue weighted by Gasteiger charge is -2.12. The Hall–Kier alpha value is -1.45. The van der Waals surface area contributed by atoms with Gasteiger partial charge in [0.25, 0.3) is 0 Å². The van der Waals surface area contributed by atoms with E-state index in [-0.39, 0.29) is 16.4 Å². The van der Waals surface area contributed by atoms with Gasteiger partial charge in [-0.3, -0.25) is 4.79 Å². The molecule has 1 fully saturated rings. The predicted molar refractivity (Wildman–Crippen MR) is 86.3 cm³/mol. The van der Waals surface area contributed by atoms with E-state index in [2.05, 4.69) is 10.0 Å². The number of sulfonamides is 1. The molecule has 0 spiro atoms. The summed E-state index contributed by atoms with van der Waals surface area (Å²) in [5.41, 5.74) is 1.54. The number of benzene rings is 1. The van der Waals surface area contributed by atoms with Crippen molar-refractivity contribution in [1.82, 2.24) is 10.0 Å². The lowest BCUT2D eigenvalue weighted by atomic mass is 10.2. The molecule has 0 aliphatic carbocycles. The third kappa shape index (κ3) is 4.76. The molecular formula is C14H20N2O5S2. The second-order valence-corrected chi connectivity index (χ2v) is 9.73. The van der Waals surface area contributed by atoms with Crippen LogP contribution in [0.4, 0.5) is 0 Å². The lowest BCUT2D eigenvalue weighted by molar-refractivity contribution is -0.120. The SMILES string of the molecule is Cc1ccc(S(=O)(=O)NCC(=O)NC2CCS(=O)(=O)C2)c(C)c1. The van der Waals surface area contributed by atoms with Gasteiger partial charge in [0.15, 0.2) is 9.84 Å². The van der Waals surface area contributed by atoms with Crippen molar-refractivity contribution in [3.8, 4) is 0 Å². The van der Waals surface area contributed by atoms with Gasteiger partial charge < -0.3 is 5.32 Å². The number of hydrogen-bond donors (Lipinski definition) is 2. The molecule has 0 radical (unpaired) electrons. The van der Waals surface area contributed by atoms with E-state index in [0.29, 0.717) is 12.0 Å². The van der Waals surface area contributed by atoms with Gasteiger partial charge in [-0.15, -0.1) is 0 Å². The summed E-state index contributed by atoms with van der Waals surface area (Å²) in [5, 5.41) is 2.54.